The summed E-state index contributed by atoms with van der Waals surface area (Å²) in [4.78, 5) is 22.6. The zero-order chi connectivity index (χ0) is 13.7. The third-order valence-corrected chi connectivity index (χ3v) is 2.73. The third kappa shape index (κ3) is 7.80. The van der Waals surface area contributed by atoms with Crippen molar-refractivity contribution < 1.29 is 64.6 Å². The van der Waals surface area contributed by atoms with Gasteiger partial charge in [-0.05, 0) is 12.1 Å². The third-order valence-electron chi connectivity index (χ3n) is 2.18. The van der Waals surface area contributed by atoms with E-state index in [0.717, 1.165) is 5.56 Å². The van der Waals surface area contributed by atoms with Crippen LogP contribution in [-0.2, 0) is 79.6 Å². The van der Waals surface area contributed by atoms with E-state index in [-0.39, 0.29) is 57.9 Å². The predicted molar refractivity (Wildman–Crippen MR) is 71.4 cm³/mol. The number of benzene rings is 1. The second kappa shape index (κ2) is 10.8. The van der Waals surface area contributed by atoms with Crippen molar-refractivity contribution >= 4 is 42.9 Å². The summed E-state index contributed by atoms with van der Waals surface area (Å²) in [6.45, 7) is -0.756. The molecule has 0 aliphatic rings. The first-order chi connectivity index (χ1) is 8.40. The molecule has 0 heterocycles. The number of rotatable bonds is 6. The average Bonchev–Trinajstić information content (AvgIpc) is 2.27. The summed E-state index contributed by atoms with van der Waals surface area (Å²) >= 11 is 9.81. The van der Waals surface area contributed by atoms with Crippen molar-refractivity contribution in [3.05, 3.63) is 29.8 Å². The van der Waals surface area contributed by atoms with E-state index in [1.165, 1.54) is 4.90 Å². The van der Waals surface area contributed by atoms with Crippen LogP contribution in [-0.4, -0.2) is 35.2 Å². The van der Waals surface area contributed by atoms with Crippen molar-refractivity contribution in [3.63, 3.8) is 0 Å². The van der Waals surface area contributed by atoms with Gasteiger partial charge < -0.3 is 40.4 Å². The molecule has 1 aromatic carbocycles. The fraction of sp³-hybridized carbons (Fsp3) is 0.273. The molecule has 0 unspecified atom stereocenters. The van der Waals surface area contributed by atoms with Gasteiger partial charge in [-0.25, -0.2) is 0 Å². The maximum atomic E-state index is 10.7. The molecule has 0 saturated carbocycles. The van der Waals surface area contributed by atoms with Crippen LogP contribution in [0.2, 0.25) is 0 Å². The number of hydrogen-bond acceptors (Lipinski definition) is 5. The molecule has 0 atom stereocenters. The Balaban J connectivity index is 0. The summed E-state index contributed by atoms with van der Waals surface area (Å²) in [7, 11) is 0. The van der Waals surface area contributed by atoms with Gasteiger partial charge in [-0.3, -0.25) is 14.2 Å². The molecule has 0 aliphatic carbocycles. The van der Waals surface area contributed by atoms with Gasteiger partial charge in [-0.1, -0.05) is 17.7 Å². The van der Waals surface area contributed by atoms with E-state index >= 15 is 0 Å². The summed E-state index contributed by atoms with van der Waals surface area (Å²) in [5.74, 6) is -2.19. The second-order valence-corrected chi connectivity index (χ2v) is 4.81. The average molecular weight is 679 g/mol. The number of carboxylic acid groups (broad SMARTS) is 2. The molecule has 20 heavy (non-hydrogen) atoms. The van der Waals surface area contributed by atoms with Gasteiger partial charge in [0, 0.05) is 5.69 Å². The first-order valence-corrected chi connectivity index (χ1v) is 5.94. The topological polar surface area (TPSA) is 77.8 Å². The Morgan fingerprint density at radius 1 is 1.00 bits per heavy atom. The van der Waals surface area contributed by atoms with Gasteiger partial charge in [-0.2, -0.15) is 0 Å². The minimum absolute atomic E-state index is 0. The van der Waals surface area contributed by atoms with Gasteiger partial charge >= 0.3 is 56.7 Å². The normalized spacial score (nSPS) is 9.35. The smallest absolute Gasteiger partial charge is 0.810 e. The van der Waals surface area contributed by atoms with Crippen LogP contribution in [0, 0.1) is 0 Å². The van der Waals surface area contributed by atoms with Crippen LogP contribution in [0.25, 0.3) is 0 Å². The van der Waals surface area contributed by atoms with Gasteiger partial charge in [0.1, 0.15) is 13.1 Å². The molecule has 2 N–H and O–H groups in total. The first-order valence-electron chi connectivity index (χ1n) is 5.00. The van der Waals surface area contributed by atoms with Crippen LogP contribution < -0.4 is 4.90 Å². The van der Waals surface area contributed by atoms with Crippen LogP contribution in [0.4, 0.5) is 5.69 Å². The van der Waals surface area contributed by atoms with Crippen molar-refractivity contribution in [2.75, 3.05) is 18.0 Å². The van der Waals surface area contributed by atoms with Gasteiger partial charge in [0.05, 0.1) is 0 Å². The molecule has 9 heteroatoms. The Kier molecular flexibility index (Phi) is 12.1. The quantitative estimate of drug-likeness (QED) is 0.340. The minimum Gasteiger partial charge on any atom is -0.810 e. The maximum absolute atomic E-state index is 10.7. The summed E-state index contributed by atoms with van der Waals surface area (Å²) in [6.07, 6.45) is 0. The Hall–Kier alpha value is 0.141. The molecule has 0 aliphatic heterocycles. The summed E-state index contributed by atoms with van der Waals surface area (Å²) in [5, 5.41) is 17.5. The first kappa shape index (κ1) is 22.4. The summed E-state index contributed by atoms with van der Waals surface area (Å²) < 4.78 is -0.452. The number of carboxylic acids is 2. The van der Waals surface area contributed by atoms with E-state index in [1.54, 1.807) is 24.3 Å². The van der Waals surface area contributed by atoms with Crippen LogP contribution in [0.3, 0.4) is 0 Å². The molecule has 1 rings (SSSR count). The largest absolute Gasteiger partial charge is 1.00 e. The standard InChI is InChI=1S/C11H13NO4S2.2Au/c13-9(14)5-12(6-10(15)16)8-3-1-7(2-4-8)11(17)18;;/h1-4,11,17-18H,5-6H2,(H,13,14)(H,15,16);;/q;2*+1/p-2. The second-order valence-electron chi connectivity index (χ2n) is 3.57. The Morgan fingerprint density at radius 3 is 1.70 bits per heavy atom. The molecular weight excluding hydrogens is 668 g/mol. The summed E-state index contributed by atoms with van der Waals surface area (Å²) in [6, 6.07) is 6.59. The molecule has 118 valence electrons. The fourth-order valence-corrected chi connectivity index (χ4v) is 1.72. The molecule has 1 aromatic rings. The number of nitrogens with zero attached hydrogens (tertiary/aromatic N) is 1. The zero-order valence-corrected chi connectivity index (χ0v) is 15.8. The van der Waals surface area contributed by atoms with Crippen molar-refractivity contribution in [1.82, 2.24) is 0 Å². The molecule has 0 saturated heterocycles. The van der Waals surface area contributed by atoms with E-state index in [0.29, 0.717) is 5.69 Å². The number of anilines is 1. The van der Waals surface area contributed by atoms with Crippen LogP contribution in [0.15, 0.2) is 24.3 Å². The predicted octanol–water partition coefficient (Wildman–Crippen LogP) is 0.750. The van der Waals surface area contributed by atoms with Crippen LogP contribution in [0.1, 0.15) is 10.1 Å². The molecule has 0 spiro atoms. The maximum Gasteiger partial charge on any atom is 1.00 e. The SMILES string of the molecule is O=C(O)CN(CC(=O)O)c1ccc(C([S-])[S-])cc1.[Au+].[Au+]. The Bertz CT molecular complexity index is 427. The van der Waals surface area contributed by atoms with E-state index in [4.69, 9.17) is 35.5 Å². The monoisotopic (exact) mass is 679 g/mol. The van der Waals surface area contributed by atoms with Crippen molar-refractivity contribution in [2.24, 2.45) is 0 Å². The van der Waals surface area contributed by atoms with Crippen molar-refractivity contribution in [3.8, 4) is 0 Å². The molecular formula is C11H11Au2NO4S2. The van der Waals surface area contributed by atoms with E-state index in [2.05, 4.69) is 0 Å². The van der Waals surface area contributed by atoms with Gasteiger partial charge in [0.15, 0.2) is 0 Å². The molecule has 0 aromatic heterocycles. The molecule has 0 bridgehead atoms. The van der Waals surface area contributed by atoms with Crippen molar-refractivity contribution in [1.29, 1.82) is 0 Å². The fourth-order valence-electron chi connectivity index (χ4n) is 1.41. The van der Waals surface area contributed by atoms with Gasteiger partial charge in [-0.15, -0.1) is 0 Å². The molecule has 0 amide bonds. The number of aliphatic carboxylic acids is 2. The number of hydrogen-bond donors (Lipinski definition) is 2. The van der Waals surface area contributed by atoms with Crippen molar-refractivity contribution in [2.45, 2.75) is 4.58 Å². The minimum atomic E-state index is -1.09. The molecule has 0 fully saturated rings. The van der Waals surface area contributed by atoms with E-state index in [1.807, 2.05) is 0 Å². The zero-order valence-electron chi connectivity index (χ0n) is 9.88. The molecule has 0 radical (unpaired) electrons. The Labute approximate surface area is 159 Å². The van der Waals surface area contributed by atoms with E-state index in [9.17, 15) is 9.59 Å². The van der Waals surface area contributed by atoms with Crippen LogP contribution in [0.5, 0.6) is 0 Å². The van der Waals surface area contributed by atoms with E-state index < -0.39 is 16.5 Å². The molecule has 5 nitrogen and oxygen atoms in total. The Morgan fingerprint density at radius 2 is 1.40 bits per heavy atom. The number of carbonyl (C=O) groups is 2. The summed E-state index contributed by atoms with van der Waals surface area (Å²) in [5.41, 5.74) is 1.27. The van der Waals surface area contributed by atoms with Gasteiger partial charge in [0.25, 0.3) is 0 Å². The van der Waals surface area contributed by atoms with Gasteiger partial charge in [0.2, 0.25) is 0 Å². The van der Waals surface area contributed by atoms with Crippen LogP contribution >= 0.6 is 0 Å².